The molecule has 2 unspecified atom stereocenters. The molecule has 0 radical (unpaired) electrons. The van der Waals surface area contributed by atoms with Gasteiger partial charge in [-0.15, -0.1) is 0 Å². The average molecular weight is 910 g/mol. The number of hydrogen-bond donors (Lipinski definition) is 3. The van der Waals surface area contributed by atoms with E-state index in [-0.39, 0.29) is 52.5 Å². The minimum atomic E-state index is -4.72. The normalized spacial score (nSPS) is 22.3. The number of rotatable bonds is 11. The van der Waals surface area contributed by atoms with Crippen LogP contribution in [0.5, 0.6) is 17.2 Å². The zero-order valence-corrected chi connectivity index (χ0v) is 37.1. The SMILES string of the molecule is CC(C)c1ccccc1[C@@H]1CCCN1C1CC2(CCN(c3ccc(C(=O)NS(=O)(=O)c4cc5c(c([N+](=O)[O-])c4)NC(C4COCCO4)CO5)c(Oc4cnc5[nH]cc(F)c5c4)c3)CC2)C1. The molecule has 1 aliphatic carbocycles. The maximum atomic E-state index is 14.6. The van der Waals surface area contributed by atoms with Gasteiger partial charge in [0.2, 0.25) is 0 Å². The van der Waals surface area contributed by atoms with Crippen molar-refractivity contribution in [3.8, 4) is 17.2 Å². The van der Waals surface area contributed by atoms with Crippen molar-refractivity contribution in [2.24, 2.45) is 5.41 Å². The van der Waals surface area contributed by atoms with Crippen molar-refractivity contribution in [2.45, 2.75) is 87.4 Å². The van der Waals surface area contributed by atoms with Crippen LogP contribution in [0.3, 0.4) is 0 Å². The number of nitro benzene ring substituents is 1. The molecule has 3 atom stereocenters. The number of fused-ring (bicyclic) bond motifs is 2. The Bertz CT molecular complexity index is 2750. The number of carbonyl (C=O) groups excluding carboxylic acids is 1. The number of pyridine rings is 1. The summed E-state index contributed by atoms with van der Waals surface area (Å²) < 4.78 is 67.8. The van der Waals surface area contributed by atoms with Crippen molar-refractivity contribution >= 4 is 44.0 Å². The van der Waals surface area contributed by atoms with Crippen molar-refractivity contribution in [1.82, 2.24) is 19.6 Å². The van der Waals surface area contributed by atoms with E-state index in [4.69, 9.17) is 18.9 Å². The number of nitro groups is 1. The van der Waals surface area contributed by atoms with Crippen molar-refractivity contribution < 1.29 is 41.5 Å². The van der Waals surface area contributed by atoms with Crippen LogP contribution in [0, 0.1) is 21.3 Å². The van der Waals surface area contributed by atoms with E-state index in [0.717, 1.165) is 63.1 Å². The number of piperidine rings is 1. The monoisotopic (exact) mass is 909 g/mol. The number of aromatic nitrogens is 2. The summed E-state index contributed by atoms with van der Waals surface area (Å²) in [7, 11) is -4.72. The fourth-order valence-corrected chi connectivity index (χ4v) is 11.6. The zero-order chi connectivity index (χ0) is 45.0. The summed E-state index contributed by atoms with van der Waals surface area (Å²) in [6, 6.07) is 17.8. The van der Waals surface area contributed by atoms with Gasteiger partial charge in [-0.3, -0.25) is 19.8 Å². The molecule has 5 aliphatic rings. The van der Waals surface area contributed by atoms with Crippen LogP contribution >= 0.6 is 0 Å². The molecule has 16 nitrogen and oxygen atoms in total. The fourth-order valence-electron chi connectivity index (χ4n) is 10.6. The first-order valence-corrected chi connectivity index (χ1v) is 23.9. The molecule has 1 amide bonds. The molecule has 342 valence electrons. The van der Waals surface area contributed by atoms with Gasteiger partial charge in [-0.05, 0) is 85.7 Å². The highest BCUT2D eigenvalue weighted by Gasteiger charge is 2.50. The van der Waals surface area contributed by atoms with Gasteiger partial charge in [0, 0.05) is 55.3 Å². The Morgan fingerprint density at radius 3 is 2.65 bits per heavy atom. The third kappa shape index (κ3) is 8.36. The summed E-state index contributed by atoms with van der Waals surface area (Å²) in [6.45, 7) is 8.31. The van der Waals surface area contributed by atoms with Crippen LogP contribution in [0.15, 0.2) is 78.0 Å². The lowest BCUT2D eigenvalue weighted by Crippen LogP contribution is -2.54. The molecule has 1 saturated carbocycles. The van der Waals surface area contributed by atoms with Crippen molar-refractivity contribution in [3.63, 3.8) is 0 Å². The number of aromatic amines is 1. The summed E-state index contributed by atoms with van der Waals surface area (Å²) in [4.78, 5) is 37.1. The molecule has 65 heavy (non-hydrogen) atoms. The van der Waals surface area contributed by atoms with Crippen LogP contribution in [0.4, 0.5) is 21.5 Å². The Labute approximate surface area is 376 Å². The van der Waals surface area contributed by atoms with Crippen LogP contribution < -0.4 is 24.4 Å². The van der Waals surface area contributed by atoms with E-state index in [2.05, 4.69) is 67.9 Å². The molecule has 5 aromatic rings. The molecule has 4 aliphatic heterocycles. The number of carbonyl (C=O) groups is 1. The number of likely N-dealkylation sites (tertiary alicyclic amines) is 1. The quantitative estimate of drug-likeness (QED) is 0.0860. The molecular formula is C47H52FN7O9S. The van der Waals surface area contributed by atoms with E-state index in [1.165, 1.54) is 48.5 Å². The summed E-state index contributed by atoms with van der Waals surface area (Å²) in [6.07, 6.45) is 8.85. The Morgan fingerprint density at radius 1 is 1.06 bits per heavy atom. The van der Waals surface area contributed by atoms with Gasteiger partial charge in [-0.1, -0.05) is 38.1 Å². The topological polar surface area (TPSA) is 190 Å². The molecular weight excluding hydrogens is 858 g/mol. The number of sulfonamides is 1. The maximum absolute atomic E-state index is 14.6. The first-order valence-electron chi connectivity index (χ1n) is 22.4. The molecule has 0 bridgehead atoms. The van der Waals surface area contributed by atoms with E-state index in [0.29, 0.717) is 36.9 Å². The zero-order valence-electron chi connectivity index (χ0n) is 36.3. The summed E-state index contributed by atoms with van der Waals surface area (Å²) >= 11 is 0. The minimum Gasteiger partial charge on any atom is -0.489 e. The molecule has 18 heteroatoms. The van der Waals surface area contributed by atoms with Gasteiger partial charge < -0.3 is 34.1 Å². The van der Waals surface area contributed by atoms with Gasteiger partial charge in [0.1, 0.15) is 35.7 Å². The van der Waals surface area contributed by atoms with E-state index in [9.17, 15) is 27.7 Å². The van der Waals surface area contributed by atoms with Crippen molar-refractivity contribution in [3.05, 3.63) is 106 Å². The molecule has 6 heterocycles. The number of hydrogen-bond acceptors (Lipinski definition) is 13. The number of nitrogens with one attached hydrogen (secondary N) is 3. The standard InChI is InChI=1S/C47H52FN7O9S/c1-28(2)33-6-3-4-7-34(33)39-8-5-13-54(39)30-22-47(23-30)11-14-53(15-12-47)29-9-10-35(41(18-29)64-31-19-36-37(48)25-50-45(36)49-24-31)46(56)52-65(59,60)32-20-40(55(57)58)44-42(21-32)63-26-38(51-44)43-27-61-16-17-62-43/h3-4,6-7,9-10,18-21,24-25,28,30,38-39,43,51H,5,8,11-17,22-23,26-27H2,1-2H3,(H,49,50)(H,52,56)/t38?,39-,43?/m0/s1. The third-order valence-electron chi connectivity index (χ3n) is 14.0. The van der Waals surface area contributed by atoms with Gasteiger partial charge >= 0.3 is 0 Å². The van der Waals surface area contributed by atoms with Crippen LogP contribution in [0.1, 0.15) is 85.8 Å². The smallest absolute Gasteiger partial charge is 0.297 e. The number of halogens is 1. The van der Waals surface area contributed by atoms with Crippen molar-refractivity contribution in [2.75, 3.05) is 56.3 Å². The number of benzene rings is 3. The Balaban J connectivity index is 0.869. The predicted molar refractivity (Wildman–Crippen MR) is 240 cm³/mol. The molecule has 3 N–H and O–H groups in total. The number of nitrogens with zero attached hydrogens (tertiary/aromatic N) is 4. The molecule has 10 rings (SSSR count). The van der Waals surface area contributed by atoms with E-state index in [1.54, 1.807) is 12.1 Å². The highest BCUT2D eigenvalue weighted by molar-refractivity contribution is 7.90. The second kappa shape index (κ2) is 17.2. The third-order valence-corrected chi connectivity index (χ3v) is 15.3. The molecule has 4 fully saturated rings. The fraction of sp³-hybridized carbons (Fsp3) is 0.447. The van der Waals surface area contributed by atoms with Crippen molar-refractivity contribution in [1.29, 1.82) is 0 Å². The van der Waals surface area contributed by atoms with Gasteiger partial charge in [0.25, 0.3) is 21.6 Å². The number of ether oxygens (including phenoxy) is 4. The second-order valence-corrected chi connectivity index (χ2v) is 20.0. The highest BCUT2D eigenvalue weighted by Crippen LogP contribution is 2.54. The van der Waals surface area contributed by atoms with Crippen LogP contribution in [-0.2, 0) is 19.5 Å². The first-order chi connectivity index (χ1) is 31.3. The second-order valence-electron chi connectivity index (χ2n) is 18.3. The average Bonchev–Trinajstić information content (AvgIpc) is 3.94. The van der Waals surface area contributed by atoms with Gasteiger partial charge in [0.05, 0.1) is 52.8 Å². The Kier molecular flexibility index (Phi) is 11.4. The van der Waals surface area contributed by atoms with Crippen LogP contribution in [0.25, 0.3) is 11.0 Å². The largest absolute Gasteiger partial charge is 0.489 e. The van der Waals surface area contributed by atoms with Crippen LogP contribution in [-0.4, -0.2) is 98.4 Å². The molecule has 2 aromatic heterocycles. The Morgan fingerprint density at radius 2 is 1.88 bits per heavy atom. The number of H-pyrrole nitrogens is 1. The minimum absolute atomic E-state index is 0.00865. The summed E-state index contributed by atoms with van der Waals surface area (Å²) in [5.74, 6) is -1.04. The van der Waals surface area contributed by atoms with Gasteiger partial charge in [-0.25, -0.2) is 22.5 Å². The number of anilines is 2. The lowest BCUT2D eigenvalue weighted by Gasteiger charge is -2.56. The van der Waals surface area contributed by atoms with Gasteiger partial charge in [0.15, 0.2) is 11.4 Å². The van der Waals surface area contributed by atoms with E-state index >= 15 is 0 Å². The Hall–Kier alpha value is -5.82. The molecule has 1 spiro atoms. The molecule has 3 aromatic carbocycles. The van der Waals surface area contributed by atoms with Gasteiger partial charge in [-0.2, -0.15) is 0 Å². The van der Waals surface area contributed by atoms with E-state index < -0.39 is 49.4 Å². The lowest BCUT2D eigenvalue weighted by molar-refractivity contribution is -0.384. The first kappa shape index (κ1) is 43.1. The summed E-state index contributed by atoms with van der Waals surface area (Å²) in [5, 5.41) is 15.5. The number of amides is 1. The van der Waals surface area contributed by atoms with E-state index in [1.807, 2.05) is 0 Å². The maximum Gasteiger partial charge on any atom is 0.297 e. The summed E-state index contributed by atoms with van der Waals surface area (Å²) in [5.41, 5.74) is 3.55. The predicted octanol–water partition coefficient (Wildman–Crippen LogP) is 7.82. The highest BCUT2D eigenvalue weighted by atomic mass is 32.2. The van der Waals surface area contributed by atoms with Crippen LogP contribution in [0.2, 0.25) is 0 Å². The lowest BCUT2D eigenvalue weighted by atomic mass is 9.59. The molecule has 3 saturated heterocycles.